The molecule has 106 valence electrons. The van der Waals surface area contributed by atoms with Gasteiger partial charge in [0.1, 0.15) is 5.75 Å². The van der Waals surface area contributed by atoms with Crippen LogP contribution in [0.1, 0.15) is 19.5 Å². The minimum absolute atomic E-state index is 0.429. The molecule has 0 radical (unpaired) electrons. The molecular formula is C14H17ClN4O. The minimum Gasteiger partial charge on any atom is -0.436 e. The molecule has 0 unspecified atom stereocenters. The van der Waals surface area contributed by atoms with Crippen molar-refractivity contribution in [3.05, 3.63) is 41.6 Å². The van der Waals surface area contributed by atoms with Gasteiger partial charge in [0.15, 0.2) is 0 Å². The van der Waals surface area contributed by atoms with Crippen LogP contribution in [0.5, 0.6) is 11.6 Å². The molecule has 5 nitrogen and oxygen atoms in total. The number of halogens is 1. The van der Waals surface area contributed by atoms with Crippen LogP contribution in [0.2, 0.25) is 5.02 Å². The molecule has 0 bridgehead atoms. The molecule has 2 rings (SSSR count). The van der Waals surface area contributed by atoms with Crippen LogP contribution in [0.4, 0.5) is 0 Å². The highest BCUT2D eigenvalue weighted by molar-refractivity contribution is 6.30. The van der Waals surface area contributed by atoms with Gasteiger partial charge in [0.2, 0.25) is 5.88 Å². The molecule has 0 saturated heterocycles. The lowest BCUT2D eigenvalue weighted by atomic mass is 10.2. The maximum atomic E-state index is 5.85. The second-order valence-corrected chi connectivity index (χ2v) is 5.25. The second kappa shape index (κ2) is 7.17. The zero-order valence-electron chi connectivity index (χ0n) is 11.5. The van der Waals surface area contributed by atoms with Crippen molar-refractivity contribution in [1.82, 2.24) is 20.3 Å². The zero-order chi connectivity index (χ0) is 14.4. The Labute approximate surface area is 123 Å². The van der Waals surface area contributed by atoms with E-state index in [0.717, 1.165) is 12.2 Å². The SMILES string of the molecule is CC(C)CNCc1cncc(Oc2cncc(Cl)c2)n1. The van der Waals surface area contributed by atoms with Crippen LogP contribution in [0.3, 0.4) is 0 Å². The predicted molar refractivity (Wildman–Crippen MR) is 77.9 cm³/mol. The van der Waals surface area contributed by atoms with Gasteiger partial charge in [0, 0.05) is 25.0 Å². The molecule has 1 N–H and O–H groups in total. The first-order chi connectivity index (χ1) is 9.63. The van der Waals surface area contributed by atoms with E-state index < -0.39 is 0 Å². The number of pyridine rings is 1. The lowest BCUT2D eigenvalue weighted by molar-refractivity contribution is 0.453. The summed E-state index contributed by atoms with van der Waals surface area (Å²) in [5, 5.41) is 3.83. The van der Waals surface area contributed by atoms with Crippen molar-refractivity contribution in [3.63, 3.8) is 0 Å². The van der Waals surface area contributed by atoms with Gasteiger partial charge in [-0.2, -0.15) is 0 Å². The summed E-state index contributed by atoms with van der Waals surface area (Å²) in [6.07, 6.45) is 6.41. The van der Waals surface area contributed by atoms with E-state index >= 15 is 0 Å². The number of nitrogens with one attached hydrogen (secondary N) is 1. The van der Waals surface area contributed by atoms with Gasteiger partial charge >= 0.3 is 0 Å². The normalized spacial score (nSPS) is 10.8. The van der Waals surface area contributed by atoms with E-state index in [1.807, 2.05) is 0 Å². The van der Waals surface area contributed by atoms with Crippen LogP contribution in [0, 0.1) is 5.92 Å². The highest BCUT2D eigenvalue weighted by atomic mass is 35.5. The first-order valence-electron chi connectivity index (χ1n) is 6.43. The predicted octanol–water partition coefficient (Wildman–Crippen LogP) is 3.06. The molecular weight excluding hydrogens is 276 g/mol. The molecule has 6 heteroatoms. The Kier molecular flexibility index (Phi) is 5.26. The number of ether oxygens (including phenoxy) is 1. The van der Waals surface area contributed by atoms with E-state index in [0.29, 0.717) is 29.1 Å². The van der Waals surface area contributed by atoms with Crippen molar-refractivity contribution in [2.45, 2.75) is 20.4 Å². The lowest BCUT2D eigenvalue weighted by Crippen LogP contribution is -2.19. The standard InChI is InChI=1S/C14H17ClN4O/c1-10(2)4-16-6-12-7-18-9-14(19-12)20-13-3-11(15)5-17-8-13/h3,5,7-10,16H,4,6H2,1-2H3. The van der Waals surface area contributed by atoms with Crippen molar-refractivity contribution in [3.8, 4) is 11.6 Å². The van der Waals surface area contributed by atoms with Crippen molar-refractivity contribution in [2.24, 2.45) is 5.92 Å². The van der Waals surface area contributed by atoms with Crippen molar-refractivity contribution < 1.29 is 4.74 Å². The van der Waals surface area contributed by atoms with E-state index in [1.165, 1.54) is 0 Å². The topological polar surface area (TPSA) is 59.9 Å². The van der Waals surface area contributed by atoms with Gasteiger partial charge in [-0.15, -0.1) is 0 Å². The molecule has 0 fully saturated rings. The molecule has 0 aromatic carbocycles. The average molecular weight is 293 g/mol. The molecule has 2 aromatic rings. The number of hydrogen-bond acceptors (Lipinski definition) is 5. The Bertz CT molecular complexity index is 562. The molecule has 0 amide bonds. The van der Waals surface area contributed by atoms with E-state index in [2.05, 4.69) is 34.1 Å². The number of rotatable bonds is 6. The summed E-state index contributed by atoms with van der Waals surface area (Å²) in [6.45, 7) is 5.91. The smallest absolute Gasteiger partial charge is 0.238 e. The molecule has 0 spiro atoms. The van der Waals surface area contributed by atoms with Gasteiger partial charge in [0.25, 0.3) is 0 Å². The number of aromatic nitrogens is 3. The zero-order valence-corrected chi connectivity index (χ0v) is 12.3. The van der Waals surface area contributed by atoms with Gasteiger partial charge in [-0.05, 0) is 12.5 Å². The second-order valence-electron chi connectivity index (χ2n) is 4.81. The first-order valence-corrected chi connectivity index (χ1v) is 6.81. The lowest BCUT2D eigenvalue weighted by Gasteiger charge is -2.08. The summed E-state index contributed by atoms with van der Waals surface area (Å²) in [4.78, 5) is 12.5. The van der Waals surface area contributed by atoms with E-state index in [1.54, 1.807) is 30.9 Å². The molecule has 20 heavy (non-hydrogen) atoms. The summed E-state index contributed by atoms with van der Waals surface area (Å²) in [6, 6.07) is 1.68. The van der Waals surface area contributed by atoms with Crippen molar-refractivity contribution in [2.75, 3.05) is 6.54 Å². The third kappa shape index (κ3) is 4.75. The Hall–Kier alpha value is -1.72. The van der Waals surface area contributed by atoms with Crippen LogP contribution >= 0.6 is 11.6 Å². The first kappa shape index (κ1) is 14.7. The van der Waals surface area contributed by atoms with Gasteiger partial charge < -0.3 is 10.1 Å². The maximum absolute atomic E-state index is 5.85. The molecule has 0 aliphatic heterocycles. The third-order valence-corrected chi connectivity index (χ3v) is 2.63. The molecule has 0 aliphatic carbocycles. The number of nitrogens with zero attached hydrogens (tertiary/aromatic N) is 3. The monoisotopic (exact) mass is 292 g/mol. The maximum Gasteiger partial charge on any atom is 0.238 e. The fraction of sp³-hybridized carbons (Fsp3) is 0.357. The average Bonchev–Trinajstić information content (AvgIpc) is 2.39. The minimum atomic E-state index is 0.429. The van der Waals surface area contributed by atoms with Gasteiger partial charge in [0.05, 0.1) is 23.1 Å². The quantitative estimate of drug-likeness (QED) is 0.886. The van der Waals surface area contributed by atoms with Crippen LogP contribution in [-0.4, -0.2) is 21.5 Å². The van der Waals surface area contributed by atoms with E-state index in [4.69, 9.17) is 16.3 Å². The molecule has 0 saturated carbocycles. The molecule has 0 aliphatic rings. The Morgan fingerprint density at radius 3 is 2.75 bits per heavy atom. The Morgan fingerprint density at radius 2 is 2.00 bits per heavy atom. The van der Waals surface area contributed by atoms with Crippen LogP contribution in [-0.2, 0) is 6.54 Å². The van der Waals surface area contributed by atoms with Crippen molar-refractivity contribution in [1.29, 1.82) is 0 Å². The fourth-order valence-corrected chi connectivity index (χ4v) is 1.74. The van der Waals surface area contributed by atoms with E-state index in [-0.39, 0.29) is 0 Å². The summed E-state index contributed by atoms with van der Waals surface area (Å²) in [5.74, 6) is 1.57. The highest BCUT2D eigenvalue weighted by Gasteiger charge is 2.03. The fourth-order valence-electron chi connectivity index (χ4n) is 1.58. The summed E-state index contributed by atoms with van der Waals surface area (Å²) >= 11 is 5.85. The van der Waals surface area contributed by atoms with Gasteiger partial charge in [-0.1, -0.05) is 25.4 Å². The summed E-state index contributed by atoms with van der Waals surface area (Å²) < 4.78 is 5.58. The van der Waals surface area contributed by atoms with Gasteiger partial charge in [-0.3, -0.25) is 9.97 Å². The summed E-state index contributed by atoms with van der Waals surface area (Å²) in [5.41, 5.74) is 0.832. The van der Waals surface area contributed by atoms with E-state index in [9.17, 15) is 0 Å². The van der Waals surface area contributed by atoms with Crippen LogP contribution in [0.15, 0.2) is 30.9 Å². The Balaban J connectivity index is 1.99. The van der Waals surface area contributed by atoms with Crippen molar-refractivity contribution >= 4 is 11.6 Å². The molecule has 2 heterocycles. The van der Waals surface area contributed by atoms with Crippen LogP contribution < -0.4 is 10.1 Å². The number of hydrogen-bond donors (Lipinski definition) is 1. The highest BCUT2D eigenvalue weighted by Crippen LogP contribution is 2.20. The summed E-state index contributed by atoms with van der Waals surface area (Å²) in [7, 11) is 0. The van der Waals surface area contributed by atoms with Gasteiger partial charge in [-0.25, -0.2) is 4.98 Å². The van der Waals surface area contributed by atoms with Crippen LogP contribution in [0.25, 0.3) is 0 Å². The molecule has 0 atom stereocenters. The Morgan fingerprint density at radius 1 is 1.20 bits per heavy atom. The molecule has 2 aromatic heterocycles. The third-order valence-electron chi connectivity index (χ3n) is 2.42. The largest absolute Gasteiger partial charge is 0.436 e.